The summed E-state index contributed by atoms with van der Waals surface area (Å²) < 4.78 is 0. The van der Waals surface area contributed by atoms with Gasteiger partial charge in [-0.3, -0.25) is 4.79 Å². The Labute approximate surface area is 86.4 Å². The Morgan fingerprint density at radius 3 is 2.64 bits per heavy atom. The lowest BCUT2D eigenvalue weighted by atomic mass is 9.87. The van der Waals surface area contributed by atoms with Crippen LogP contribution in [0.2, 0.25) is 0 Å². The maximum Gasteiger partial charge on any atom is 0.221 e. The highest BCUT2D eigenvalue weighted by Gasteiger charge is 2.12. The summed E-state index contributed by atoms with van der Waals surface area (Å²) >= 11 is 0. The number of nitrogens with two attached hydrogens (primary N) is 1. The number of hydrogen-bond acceptors (Lipinski definition) is 2. The summed E-state index contributed by atoms with van der Waals surface area (Å²) in [6, 6.07) is 0. The highest BCUT2D eigenvalue weighted by atomic mass is 16.1. The van der Waals surface area contributed by atoms with Crippen molar-refractivity contribution in [3.05, 3.63) is 0 Å². The molecule has 1 aliphatic carbocycles. The first kappa shape index (κ1) is 11.5. The van der Waals surface area contributed by atoms with E-state index in [1.54, 1.807) is 0 Å². The normalized spacial score (nSPS) is 18.1. The molecule has 0 saturated heterocycles. The molecule has 0 aromatic rings. The van der Waals surface area contributed by atoms with Crippen molar-refractivity contribution in [2.75, 3.05) is 13.1 Å². The zero-order valence-corrected chi connectivity index (χ0v) is 8.93. The van der Waals surface area contributed by atoms with Crippen molar-refractivity contribution in [2.45, 2.75) is 44.9 Å². The maximum absolute atomic E-state index is 11.1. The van der Waals surface area contributed by atoms with E-state index in [1.165, 1.54) is 32.1 Å². The van der Waals surface area contributed by atoms with Crippen LogP contribution in [-0.4, -0.2) is 19.0 Å². The second-order valence-electron chi connectivity index (χ2n) is 4.18. The molecule has 0 spiro atoms. The molecular weight excluding hydrogens is 176 g/mol. The van der Waals surface area contributed by atoms with Crippen LogP contribution in [0, 0.1) is 5.92 Å². The maximum atomic E-state index is 11.1. The van der Waals surface area contributed by atoms with Crippen molar-refractivity contribution >= 4 is 5.91 Å². The third-order valence-electron chi connectivity index (χ3n) is 2.97. The van der Waals surface area contributed by atoms with E-state index in [9.17, 15) is 4.79 Å². The van der Waals surface area contributed by atoms with E-state index >= 15 is 0 Å². The molecule has 0 heterocycles. The van der Waals surface area contributed by atoms with Crippen LogP contribution in [0.1, 0.15) is 44.9 Å². The van der Waals surface area contributed by atoms with Crippen LogP contribution in [0.5, 0.6) is 0 Å². The predicted octanol–water partition coefficient (Wildman–Crippen LogP) is 1.42. The predicted molar refractivity (Wildman–Crippen MR) is 57.9 cm³/mol. The highest BCUT2D eigenvalue weighted by Crippen LogP contribution is 2.25. The van der Waals surface area contributed by atoms with Gasteiger partial charge in [-0.2, -0.15) is 0 Å². The van der Waals surface area contributed by atoms with Gasteiger partial charge in [-0.25, -0.2) is 0 Å². The topological polar surface area (TPSA) is 55.1 Å². The van der Waals surface area contributed by atoms with E-state index in [-0.39, 0.29) is 5.91 Å². The van der Waals surface area contributed by atoms with Gasteiger partial charge in [-0.15, -0.1) is 0 Å². The molecule has 0 aromatic carbocycles. The zero-order chi connectivity index (χ0) is 10.2. The second kappa shape index (κ2) is 6.82. The molecule has 1 fully saturated rings. The Balaban J connectivity index is 1.99. The molecule has 3 heteroatoms. The first-order valence-electron chi connectivity index (χ1n) is 5.79. The minimum Gasteiger partial charge on any atom is -0.356 e. The molecule has 0 radical (unpaired) electrons. The average Bonchev–Trinajstić information content (AvgIpc) is 2.20. The first-order chi connectivity index (χ1) is 6.83. The lowest BCUT2D eigenvalue weighted by molar-refractivity contribution is -0.120. The van der Waals surface area contributed by atoms with Crippen molar-refractivity contribution in [1.82, 2.24) is 5.32 Å². The third-order valence-corrected chi connectivity index (χ3v) is 2.97. The van der Waals surface area contributed by atoms with Crippen LogP contribution >= 0.6 is 0 Å². The summed E-state index contributed by atoms with van der Waals surface area (Å²) in [5.74, 6) is 0.949. The summed E-state index contributed by atoms with van der Waals surface area (Å²) in [6.45, 7) is 1.29. The first-order valence-corrected chi connectivity index (χ1v) is 5.79. The lowest BCUT2D eigenvalue weighted by Gasteiger charge is -2.21. The highest BCUT2D eigenvalue weighted by molar-refractivity contribution is 5.75. The fourth-order valence-corrected chi connectivity index (χ4v) is 2.11. The van der Waals surface area contributed by atoms with Gasteiger partial charge in [0.15, 0.2) is 0 Å². The Bertz CT molecular complexity index is 165. The number of rotatable bonds is 5. The summed E-state index contributed by atoms with van der Waals surface area (Å²) in [6.07, 6.45) is 8.47. The SMILES string of the molecule is NCCC(=O)NCCC1CCCCC1. The summed E-state index contributed by atoms with van der Waals surface area (Å²) in [5.41, 5.74) is 5.28. The zero-order valence-electron chi connectivity index (χ0n) is 8.93. The summed E-state index contributed by atoms with van der Waals surface area (Å²) in [7, 11) is 0. The van der Waals surface area contributed by atoms with Gasteiger partial charge in [0, 0.05) is 19.5 Å². The molecule has 1 aliphatic rings. The fraction of sp³-hybridized carbons (Fsp3) is 0.909. The Hall–Kier alpha value is -0.570. The third kappa shape index (κ3) is 4.61. The van der Waals surface area contributed by atoms with Crippen molar-refractivity contribution < 1.29 is 4.79 Å². The van der Waals surface area contributed by atoms with Crippen LogP contribution in [-0.2, 0) is 4.79 Å². The second-order valence-corrected chi connectivity index (χ2v) is 4.18. The van der Waals surface area contributed by atoms with Gasteiger partial charge in [0.25, 0.3) is 0 Å². The van der Waals surface area contributed by atoms with Crippen molar-refractivity contribution in [2.24, 2.45) is 11.7 Å². The van der Waals surface area contributed by atoms with Crippen molar-refractivity contribution in [1.29, 1.82) is 0 Å². The van der Waals surface area contributed by atoms with Gasteiger partial charge in [-0.1, -0.05) is 32.1 Å². The van der Waals surface area contributed by atoms with Crippen LogP contribution in [0.3, 0.4) is 0 Å². The monoisotopic (exact) mass is 198 g/mol. The number of amides is 1. The molecule has 14 heavy (non-hydrogen) atoms. The van der Waals surface area contributed by atoms with E-state index in [4.69, 9.17) is 5.73 Å². The van der Waals surface area contributed by atoms with Gasteiger partial charge in [0.1, 0.15) is 0 Å². The van der Waals surface area contributed by atoms with Gasteiger partial charge in [-0.05, 0) is 12.3 Å². The Kier molecular flexibility index (Phi) is 5.60. The van der Waals surface area contributed by atoms with Gasteiger partial charge >= 0.3 is 0 Å². The summed E-state index contributed by atoms with van der Waals surface area (Å²) in [4.78, 5) is 11.1. The minimum atomic E-state index is 0.100. The van der Waals surface area contributed by atoms with E-state index in [1.807, 2.05) is 0 Å². The van der Waals surface area contributed by atoms with Gasteiger partial charge in [0.05, 0.1) is 0 Å². The molecule has 0 aliphatic heterocycles. The molecule has 1 saturated carbocycles. The van der Waals surface area contributed by atoms with E-state index in [2.05, 4.69) is 5.32 Å². The molecule has 0 aromatic heterocycles. The van der Waals surface area contributed by atoms with Crippen LogP contribution in [0.15, 0.2) is 0 Å². The molecule has 0 unspecified atom stereocenters. The lowest BCUT2D eigenvalue weighted by Crippen LogP contribution is -2.28. The van der Waals surface area contributed by atoms with Crippen LogP contribution < -0.4 is 11.1 Å². The molecule has 0 atom stereocenters. The largest absolute Gasteiger partial charge is 0.356 e. The van der Waals surface area contributed by atoms with Crippen LogP contribution in [0.25, 0.3) is 0 Å². The standard InChI is InChI=1S/C11H22N2O/c12-8-6-11(14)13-9-7-10-4-2-1-3-5-10/h10H,1-9,12H2,(H,13,14). The molecule has 3 nitrogen and oxygen atoms in total. The number of carbonyl (C=O) groups is 1. The van der Waals surface area contributed by atoms with Crippen molar-refractivity contribution in [3.8, 4) is 0 Å². The molecular formula is C11H22N2O. The smallest absolute Gasteiger partial charge is 0.221 e. The summed E-state index contributed by atoms with van der Waals surface area (Å²) in [5, 5.41) is 2.91. The minimum absolute atomic E-state index is 0.100. The Morgan fingerprint density at radius 2 is 2.00 bits per heavy atom. The van der Waals surface area contributed by atoms with Gasteiger partial charge < -0.3 is 11.1 Å². The van der Waals surface area contributed by atoms with E-state index in [0.717, 1.165) is 18.9 Å². The van der Waals surface area contributed by atoms with E-state index < -0.39 is 0 Å². The van der Waals surface area contributed by atoms with Gasteiger partial charge in [0.2, 0.25) is 5.91 Å². The number of hydrogen-bond donors (Lipinski definition) is 2. The van der Waals surface area contributed by atoms with E-state index in [0.29, 0.717) is 13.0 Å². The molecule has 1 amide bonds. The molecule has 82 valence electrons. The quantitative estimate of drug-likeness (QED) is 0.702. The average molecular weight is 198 g/mol. The number of nitrogens with one attached hydrogen (secondary N) is 1. The number of carbonyl (C=O) groups excluding carboxylic acids is 1. The molecule has 1 rings (SSSR count). The molecule has 3 N–H and O–H groups in total. The Morgan fingerprint density at radius 1 is 1.29 bits per heavy atom. The van der Waals surface area contributed by atoms with Crippen molar-refractivity contribution in [3.63, 3.8) is 0 Å². The fourth-order valence-electron chi connectivity index (χ4n) is 2.11. The molecule has 0 bridgehead atoms. The van der Waals surface area contributed by atoms with Crippen LogP contribution in [0.4, 0.5) is 0 Å².